The summed E-state index contributed by atoms with van der Waals surface area (Å²) in [5.41, 5.74) is 5.88. The van der Waals surface area contributed by atoms with Crippen molar-refractivity contribution in [2.24, 2.45) is 10.7 Å². The molecule has 0 radical (unpaired) electrons. The number of guanidine groups is 1. The minimum Gasteiger partial charge on any atom is -0.370 e. The van der Waals surface area contributed by atoms with E-state index in [2.05, 4.69) is 15.6 Å². The molecule has 0 bridgehead atoms. The molecule has 2 rings (SSSR count). The number of hydrogen-bond acceptors (Lipinski definition) is 3. The van der Waals surface area contributed by atoms with Crippen molar-refractivity contribution < 1.29 is 4.79 Å². The van der Waals surface area contributed by atoms with Crippen molar-refractivity contribution in [2.75, 3.05) is 13.1 Å². The molecule has 0 unspecified atom stereocenters. The lowest BCUT2D eigenvalue weighted by Crippen LogP contribution is -2.41. The van der Waals surface area contributed by atoms with Gasteiger partial charge < -0.3 is 16.4 Å². The molecule has 124 valence electrons. The topological polar surface area (TPSA) is 79.5 Å². The molecule has 1 aromatic heterocycles. The third-order valence-electron chi connectivity index (χ3n) is 3.60. The number of amides is 1. The average molecular weight is 436 g/mol. The second kappa shape index (κ2) is 10.8. The van der Waals surface area contributed by atoms with Gasteiger partial charge in [0.25, 0.3) is 5.91 Å². The van der Waals surface area contributed by atoms with Gasteiger partial charge in [-0.3, -0.25) is 9.79 Å². The highest BCUT2D eigenvalue weighted by Crippen LogP contribution is 2.16. The summed E-state index contributed by atoms with van der Waals surface area (Å²) in [6.45, 7) is 1.26. The van der Waals surface area contributed by atoms with Gasteiger partial charge in [-0.2, -0.15) is 0 Å². The number of aliphatic imine (C=N–C) groups is 1. The Kier molecular flexibility index (Phi) is 9.45. The lowest BCUT2D eigenvalue weighted by atomic mass is 9.96. The quantitative estimate of drug-likeness (QED) is 0.278. The number of carbonyl (C=O) groups is 1. The van der Waals surface area contributed by atoms with Gasteiger partial charge in [-0.15, -0.1) is 35.3 Å². The van der Waals surface area contributed by atoms with Crippen molar-refractivity contribution in [3.63, 3.8) is 0 Å². The molecule has 5 nitrogen and oxygen atoms in total. The smallest absolute Gasteiger partial charge is 0.261 e. The van der Waals surface area contributed by atoms with E-state index >= 15 is 0 Å². The predicted molar refractivity (Wildman–Crippen MR) is 103 cm³/mol. The summed E-state index contributed by atoms with van der Waals surface area (Å²) in [5.74, 6) is 0.522. The average Bonchev–Trinajstić information content (AvgIpc) is 3.02. The lowest BCUT2D eigenvalue weighted by molar-refractivity contribution is 0.0957. The fourth-order valence-corrected chi connectivity index (χ4v) is 3.12. The standard InChI is InChI=1S/C15H24N4OS.HI/c16-15(19-12-6-2-1-3-7-12)18-10-5-9-17-14(20)13-8-4-11-21-13;/h4,8,11-12H,1-3,5-7,9-10H2,(H,17,20)(H3,16,18,19);1H. The minimum absolute atomic E-state index is 0. The number of thiophene rings is 1. The fraction of sp³-hybridized carbons (Fsp3) is 0.600. The predicted octanol–water partition coefficient (Wildman–Crippen LogP) is 2.72. The Morgan fingerprint density at radius 1 is 1.36 bits per heavy atom. The summed E-state index contributed by atoms with van der Waals surface area (Å²) < 4.78 is 0. The van der Waals surface area contributed by atoms with E-state index < -0.39 is 0 Å². The van der Waals surface area contributed by atoms with Crippen molar-refractivity contribution in [1.29, 1.82) is 0 Å². The molecule has 1 amide bonds. The highest BCUT2D eigenvalue weighted by molar-refractivity contribution is 14.0. The largest absolute Gasteiger partial charge is 0.370 e. The van der Waals surface area contributed by atoms with E-state index in [1.54, 1.807) is 0 Å². The summed E-state index contributed by atoms with van der Waals surface area (Å²) in [4.78, 5) is 16.8. The molecule has 0 aliphatic heterocycles. The zero-order valence-electron chi connectivity index (χ0n) is 12.7. The van der Waals surface area contributed by atoms with Gasteiger partial charge in [0.05, 0.1) is 4.88 Å². The van der Waals surface area contributed by atoms with Gasteiger partial charge >= 0.3 is 0 Å². The van der Waals surface area contributed by atoms with Gasteiger partial charge in [0.15, 0.2) is 5.96 Å². The van der Waals surface area contributed by atoms with Crippen LogP contribution in [0.1, 0.15) is 48.2 Å². The van der Waals surface area contributed by atoms with Gasteiger partial charge in [-0.25, -0.2) is 0 Å². The molecule has 1 saturated carbocycles. The molecule has 4 N–H and O–H groups in total. The SMILES string of the molecule is I.NC(=NCCCNC(=O)c1cccs1)NC1CCCCC1. The summed E-state index contributed by atoms with van der Waals surface area (Å²) in [5, 5.41) is 8.06. The number of carbonyl (C=O) groups excluding carboxylic acids is 1. The Labute approximate surface area is 153 Å². The molecule has 0 spiro atoms. The van der Waals surface area contributed by atoms with Crippen molar-refractivity contribution in [3.8, 4) is 0 Å². The van der Waals surface area contributed by atoms with Crippen LogP contribution in [0.25, 0.3) is 0 Å². The molecule has 1 heterocycles. The third kappa shape index (κ3) is 6.95. The van der Waals surface area contributed by atoms with Crippen LogP contribution >= 0.6 is 35.3 Å². The van der Waals surface area contributed by atoms with Gasteiger partial charge in [0.1, 0.15) is 0 Å². The Hall–Kier alpha value is -0.830. The molecular weight excluding hydrogens is 411 g/mol. The van der Waals surface area contributed by atoms with Crippen molar-refractivity contribution in [2.45, 2.75) is 44.6 Å². The van der Waals surface area contributed by atoms with Crippen LogP contribution in [0.2, 0.25) is 0 Å². The molecule has 0 atom stereocenters. The van der Waals surface area contributed by atoms with Crippen LogP contribution in [0.5, 0.6) is 0 Å². The van der Waals surface area contributed by atoms with E-state index in [9.17, 15) is 4.79 Å². The van der Waals surface area contributed by atoms with E-state index in [4.69, 9.17) is 5.73 Å². The van der Waals surface area contributed by atoms with Gasteiger partial charge in [-0.05, 0) is 30.7 Å². The molecule has 0 saturated heterocycles. The monoisotopic (exact) mass is 436 g/mol. The van der Waals surface area contributed by atoms with E-state index in [1.165, 1.54) is 43.4 Å². The molecule has 0 aromatic carbocycles. The summed E-state index contributed by atoms with van der Waals surface area (Å²) in [6, 6.07) is 4.19. The van der Waals surface area contributed by atoms with Crippen LogP contribution in [-0.2, 0) is 0 Å². The Balaban J connectivity index is 0.00000242. The van der Waals surface area contributed by atoms with Gasteiger partial charge in [0.2, 0.25) is 0 Å². The lowest BCUT2D eigenvalue weighted by Gasteiger charge is -2.23. The molecule has 1 aliphatic carbocycles. The molecule has 1 aliphatic rings. The number of nitrogens with two attached hydrogens (primary N) is 1. The zero-order valence-corrected chi connectivity index (χ0v) is 15.9. The van der Waals surface area contributed by atoms with Crippen LogP contribution in [0.3, 0.4) is 0 Å². The summed E-state index contributed by atoms with van der Waals surface area (Å²) in [6.07, 6.45) is 7.06. The number of hydrogen-bond donors (Lipinski definition) is 3. The number of rotatable bonds is 6. The van der Waals surface area contributed by atoms with Crippen molar-refractivity contribution >= 4 is 47.2 Å². The van der Waals surface area contributed by atoms with Crippen molar-refractivity contribution in [3.05, 3.63) is 22.4 Å². The van der Waals surface area contributed by atoms with Crippen molar-refractivity contribution in [1.82, 2.24) is 10.6 Å². The van der Waals surface area contributed by atoms with E-state index in [0.717, 1.165) is 11.3 Å². The molecular formula is C15H25IN4OS. The third-order valence-corrected chi connectivity index (χ3v) is 4.47. The van der Waals surface area contributed by atoms with Crippen LogP contribution < -0.4 is 16.4 Å². The van der Waals surface area contributed by atoms with Crippen LogP contribution in [-0.4, -0.2) is 31.0 Å². The first-order valence-corrected chi connectivity index (χ1v) is 8.52. The first kappa shape index (κ1) is 19.2. The number of halogens is 1. The molecule has 7 heteroatoms. The number of nitrogens with one attached hydrogen (secondary N) is 2. The highest BCUT2D eigenvalue weighted by atomic mass is 127. The summed E-state index contributed by atoms with van der Waals surface area (Å²) in [7, 11) is 0. The maximum Gasteiger partial charge on any atom is 0.261 e. The fourth-order valence-electron chi connectivity index (χ4n) is 2.48. The Bertz CT molecular complexity index is 458. The molecule has 1 fully saturated rings. The highest BCUT2D eigenvalue weighted by Gasteiger charge is 2.13. The molecule has 22 heavy (non-hydrogen) atoms. The van der Waals surface area contributed by atoms with Crippen LogP contribution in [0, 0.1) is 0 Å². The Morgan fingerprint density at radius 2 is 2.14 bits per heavy atom. The van der Waals surface area contributed by atoms with E-state index in [-0.39, 0.29) is 29.9 Å². The van der Waals surface area contributed by atoms with Gasteiger partial charge in [-0.1, -0.05) is 25.3 Å². The van der Waals surface area contributed by atoms with E-state index in [1.807, 2.05) is 17.5 Å². The van der Waals surface area contributed by atoms with E-state index in [0.29, 0.717) is 25.1 Å². The maximum absolute atomic E-state index is 11.7. The van der Waals surface area contributed by atoms with Crippen LogP contribution in [0.4, 0.5) is 0 Å². The van der Waals surface area contributed by atoms with Crippen LogP contribution in [0.15, 0.2) is 22.5 Å². The first-order valence-electron chi connectivity index (χ1n) is 7.64. The maximum atomic E-state index is 11.7. The normalized spacial score (nSPS) is 15.9. The Morgan fingerprint density at radius 3 is 2.82 bits per heavy atom. The minimum atomic E-state index is -0.0118. The first-order chi connectivity index (χ1) is 10.3. The number of nitrogens with zero attached hydrogens (tertiary/aromatic N) is 1. The second-order valence-electron chi connectivity index (χ2n) is 5.33. The second-order valence-corrected chi connectivity index (χ2v) is 6.28. The molecule has 1 aromatic rings. The van der Waals surface area contributed by atoms with Gasteiger partial charge in [0, 0.05) is 19.1 Å². The zero-order chi connectivity index (χ0) is 14.9. The summed E-state index contributed by atoms with van der Waals surface area (Å²) >= 11 is 1.45.